The number of hydrogen-bond donors (Lipinski definition) is 1. The molecule has 0 amide bonds. The van der Waals surface area contributed by atoms with Gasteiger partial charge in [-0.2, -0.15) is 8.78 Å². The fourth-order valence-electron chi connectivity index (χ4n) is 1.22. The van der Waals surface area contributed by atoms with E-state index in [1.807, 2.05) is 0 Å². The highest BCUT2D eigenvalue weighted by atomic mass is 19.3. The lowest BCUT2D eigenvalue weighted by molar-refractivity contribution is -0.150. The number of carboxylic acid groups (broad SMARTS) is 1. The number of carboxylic acids is 1. The molecule has 0 saturated carbocycles. The van der Waals surface area contributed by atoms with Crippen LogP contribution in [-0.2, 0) is 16.0 Å². The van der Waals surface area contributed by atoms with Crippen molar-refractivity contribution in [1.29, 1.82) is 0 Å². The lowest BCUT2D eigenvalue weighted by atomic mass is 10.0. The van der Waals surface area contributed by atoms with Crippen LogP contribution in [0.5, 0.6) is 0 Å². The van der Waals surface area contributed by atoms with Crippen LogP contribution in [0.3, 0.4) is 0 Å². The van der Waals surface area contributed by atoms with Crippen molar-refractivity contribution in [3.8, 4) is 0 Å². The predicted molar refractivity (Wildman–Crippen MR) is 52.4 cm³/mol. The van der Waals surface area contributed by atoms with Crippen LogP contribution in [-0.4, -0.2) is 22.8 Å². The molecular weight excluding hydrogens is 218 g/mol. The normalized spacial score (nSPS) is 11.1. The van der Waals surface area contributed by atoms with Crippen LogP contribution in [0.15, 0.2) is 30.3 Å². The van der Waals surface area contributed by atoms with Gasteiger partial charge in [0.05, 0.1) is 0 Å². The standard InChI is InChI=1S/C11H10F2O3/c12-11(13,9(14)6-10(15)16)7-8-4-2-1-3-5-8/h1-5H,6-7H2,(H,15,16). The summed E-state index contributed by atoms with van der Waals surface area (Å²) in [6.45, 7) is 0. The van der Waals surface area contributed by atoms with E-state index in [0.29, 0.717) is 5.56 Å². The monoisotopic (exact) mass is 228 g/mol. The molecule has 86 valence electrons. The van der Waals surface area contributed by atoms with Crippen molar-refractivity contribution in [1.82, 2.24) is 0 Å². The average Bonchev–Trinajstić information content (AvgIpc) is 2.17. The molecule has 3 nitrogen and oxygen atoms in total. The molecule has 5 heteroatoms. The SMILES string of the molecule is O=C(O)CC(=O)C(F)(F)Cc1ccccc1. The van der Waals surface area contributed by atoms with E-state index in [4.69, 9.17) is 5.11 Å². The number of carbonyl (C=O) groups is 2. The molecule has 0 radical (unpaired) electrons. The Morgan fingerprint density at radius 2 is 1.75 bits per heavy atom. The second-order valence-corrected chi connectivity index (χ2v) is 3.36. The van der Waals surface area contributed by atoms with Crippen LogP contribution in [0, 0.1) is 0 Å². The van der Waals surface area contributed by atoms with Crippen LogP contribution >= 0.6 is 0 Å². The lowest BCUT2D eigenvalue weighted by Gasteiger charge is -2.13. The van der Waals surface area contributed by atoms with E-state index in [0.717, 1.165) is 0 Å². The zero-order chi connectivity index (χ0) is 12.2. The predicted octanol–water partition coefficient (Wildman–Crippen LogP) is 1.91. The molecule has 1 rings (SSSR count). The highest BCUT2D eigenvalue weighted by Gasteiger charge is 2.39. The summed E-state index contributed by atoms with van der Waals surface area (Å²) in [7, 11) is 0. The highest BCUT2D eigenvalue weighted by molar-refractivity contribution is 5.98. The van der Waals surface area contributed by atoms with E-state index < -0.39 is 30.5 Å². The Morgan fingerprint density at radius 3 is 2.25 bits per heavy atom. The van der Waals surface area contributed by atoms with Gasteiger partial charge in [0.25, 0.3) is 0 Å². The summed E-state index contributed by atoms with van der Waals surface area (Å²) < 4.78 is 26.5. The minimum atomic E-state index is -3.63. The first-order valence-electron chi connectivity index (χ1n) is 4.58. The van der Waals surface area contributed by atoms with E-state index >= 15 is 0 Å². The summed E-state index contributed by atoms with van der Waals surface area (Å²) in [5.41, 5.74) is 0.297. The third kappa shape index (κ3) is 3.42. The van der Waals surface area contributed by atoms with E-state index in [1.54, 1.807) is 18.2 Å². The van der Waals surface area contributed by atoms with Crippen molar-refractivity contribution >= 4 is 11.8 Å². The average molecular weight is 228 g/mol. The first-order chi connectivity index (χ1) is 7.42. The molecular formula is C11H10F2O3. The molecule has 1 N–H and O–H groups in total. The smallest absolute Gasteiger partial charge is 0.311 e. The van der Waals surface area contributed by atoms with Crippen LogP contribution in [0.1, 0.15) is 12.0 Å². The third-order valence-electron chi connectivity index (χ3n) is 1.99. The summed E-state index contributed by atoms with van der Waals surface area (Å²) in [5, 5.41) is 8.26. The molecule has 0 atom stereocenters. The van der Waals surface area contributed by atoms with E-state index in [1.165, 1.54) is 12.1 Å². The zero-order valence-electron chi connectivity index (χ0n) is 8.32. The fraction of sp³-hybridized carbons (Fsp3) is 0.273. The Labute approximate surface area is 90.7 Å². The minimum absolute atomic E-state index is 0.297. The largest absolute Gasteiger partial charge is 0.481 e. The van der Waals surface area contributed by atoms with Gasteiger partial charge in [0, 0.05) is 6.42 Å². The topological polar surface area (TPSA) is 54.4 Å². The Morgan fingerprint density at radius 1 is 1.19 bits per heavy atom. The van der Waals surface area contributed by atoms with E-state index in [-0.39, 0.29) is 0 Å². The number of benzene rings is 1. The first kappa shape index (κ1) is 12.3. The van der Waals surface area contributed by atoms with Crippen molar-refractivity contribution in [2.75, 3.05) is 0 Å². The third-order valence-corrected chi connectivity index (χ3v) is 1.99. The Balaban J connectivity index is 2.71. The van der Waals surface area contributed by atoms with E-state index in [9.17, 15) is 18.4 Å². The Bertz CT molecular complexity index is 387. The Hall–Kier alpha value is -1.78. The van der Waals surface area contributed by atoms with Crippen molar-refractivity contribution in [3.05, 3.63) is 35.9 Å². The van der Waals surface area contributed by atoms with Gasteiger partial charge >= 0.3 is 11.9 Å². The lowest BCUT2D eigenvalue weighted by Crippen LogP contribution is -2.32. The van der Waals surface area contributed by atoms with Crippen LogP contribution < -0.4 is 0 Å². The summed E-state index contributed by atoms with van der Waals surface area (Å²) in [5.74, 6) is -6.73. The molecule has 0 spiro atoms. The number of hydrogen-bond acceptors (Lipinski definition) is 2. The second-order valence-electron chi connectivity index (χ2n) is 3.36. The Kier molecular flexibility index (Phi) is 3.71. The van der Waals surface area contributed by atoms with Gasteiger partial charge in [-0.3, -0.25) is 9.59 Å². The molecule has 0 aliphatic heterocycles. The maximum atomic E-state index is 13.3. The molecule has 1 aromatic carbocycles. The number of carbonyl (C=O) groups excluding carboxylic acids is 1. The fourth-order valence-corrected chi connectivity index (χ4v) is 1.22. The van der Waals surface area contributed by atoms with Crippen molar-refractivity contribution in [3.63, 3.8) is 0 Å². The molecule has 0 fully saturated rings. The molecule has 0 saturated heterocycles. The summed E-state index contributed by atoms with van der Waals surface area (Å²) in [6.07, 6.45) is -1.92. The van der Waals surface area contributed by atoms with E-state index in [2.05, 4.69) is 0 Å². The van der Waals surface area contributed by atoms with Crippen molar-refractivity contribution in [2.24, 2.45) is 0 Å². The molecule has 0 aromatic heterocycles. The van der Waals surface area contributed by atoms with Gasteiger partial charge in [-0.05, 0) is 5.56 Å². The molecule has 0 heterocycles. The molecule has 0 bridgehead atoms. The summed E-state index contributed by atoms with van der Waals surface area (Å²) >= 11 is 0. The number of rotatable bonds is 5. The maximum Gasteiger partial charge on any atom is 0.311 e. The number of alkyl halides is 2. The zero-order valence-corrected chi connectivity index (χ0v) is 8.32. The highest BCUT2D eigenvalue weighted by Crippen LogP contribution is 2.22. The number of Topliss-reactive ketones (excluding diaryl/α,β-unsaturated/α-hetero) is 1. The van der Waals surface area contributed by atoms with Gasteiger partial charge in [0.15, 0.2) is 0 Å². The number of halogens is 2. The van der Waals surface area contributed by atoms with Gasteiger partial charge in [-0.15, -0.1) is 0 Å². The van der Waals surface area contributed by atoms with Gasteiger partial charge in [-0.25, -0.2) is 0 Å². The van der Waals surface area contributed by atoms with Gasteiger partial charge in [-0.1, -0.05) is 30.3 Å². The summed E-state index contributed by atoms with van der Waals surface area (Å²) in [4.78, 5) is 21.1. The second kappa shape index (κ2) is 4.83. The molecule has 16 heavy (non-hydrogen) atoms. The molecule has 1 aromatic rings. The molecule has 0 aliphatic carbocycles. The van der Waals surface area contributed by atoms with Crippen molar-refractivity contribution in [2.45, 2.75) is 18.8 Å². The van der Waals surface area contributed by atoms with Gasteiger partial charge < -0.3 is 5.11 Å². The van der Waals surface area contributed by atoms with Crippen LogP contribution in [0.2, 0.25) is 0 Å². The number of aliphatic carboxylic acids is 1. The maximum absolute atomic E-state index is 13.3. The minimum Gasteiger partial charge on any atom is -0.481 e. The quantitative estimate of drug-likeness (QED) is 0.783. The van der Waals surface area contributed by atoms with Crippen LogP contribution in [0.25, 0.3) is 0 Å². The van der Waals surface area contributed by atoms with Gasteiger partial charge in [0.1, 0.15) is 6.42 Å². The number of ketones is 1. The van der Waals surface area contributed by atoms with Crippen LogP contribution in [0.4, 0.5) is 8.78 Å². The first-order valence-corrected chi connectivity index (χ1v) is 4.58. The molecule has 0 aliphatic rings. The van der Waals surface area contributed by atoms with Gasteiger partial charge in [0.2, 0.25) is 5.78 Å². The van der Waals surface area contributed by atoms with Crippen molar-refractivity contribution < 1.29 is 23.5 Å². The summed E-state index contributed by atoms with van der Waals surface area (Å²) in [6, 6.07) is 7.74. The molecule has 0 unspecified atom stereocenters.